The second kappa shape index (κ2) is 15.0. The molecule has 0 amide bonds. The van der Waals surface area contributed by atoms with Crippen LogP contribution in [0, 0.1) is 0 Å². The molecule has 0 saturated heterocycles. The maximum absolute atomic E-state index is 2.44. The number of hydrogen-bond donors (Lipinski definition) is 0. The van der Waals surface area contributed by atoms with Crippen LogP contribution in [-0.2, 0) is 0 Å². The summed E-state index contributed by atoms with van der Waals surface area (Å²) in [6.45, 7) is 0. The van der Waals surface area contributed by atoms with Gasteiger partial charge in [0.1, 0.15) is 0 Å². The van der Waals surface area contributed by atoms with Gasteiger partial charge in [0.05, 0.1) is 11.4 Å². The van der Waals surface area contributed by atoms with Crippen molar-refractivity contribution in [2.75, 3.05) is 4.90 Å². The van der Waals surface area contributed by atoms with Gasteiger partial charge in [-0.25, -0.2) is 0 Å². The lowest BCUT2D eigenvalue weighted by molar-refractivity contribution is 1.28. The molecular formula is C56H39N. The van der Waals surface area contributed by atoms with E-state index in [1.54, 1.807) is 0 Å². The first kappa shape index (κ1) is 34.0. The molecule has 10 rings (SSSR count). The number of para-hydroxylation sites is 2. The second-order valence-electron chi connectivity index (χ2n) is 14.5. The predicted octanol–water partition coefficient (Wildman–Crippen LogP) is 15.8. The van der Waals surface area contributed by atoms with Crippen LogP contribution in [0.15, 0.2) is 237 Å². The van der Waals surface area contributed by atoms with Crippen molar-refractivity contribution in [3.05, 3.63) is 237 Å². The van der Waals surface area contributed by atoms with Gasteiger partial charge in [-0.1, -0.05) is 212 Å². The Morgan fingerprint density at radius 1 is 0.228 bits per heavy atom. The molecule has 0 spiro atoms. The molecule has 0 heterocycles. The van der Waals surface area contributed by atoms with Gasteiger partial charge in [-0.15, -0.1) is 0 Å². The molecule has 1 nitrogen and oxygen atoms in total. The van der Waals surface area contributed by atoms with Gasteiger partial charge in [-0.2, -0.15) is 0 Å². The predicted molar refractivity (Wildman–Crippen MR) is 243 cm³/mol. The van der Waals surface area contributed by atoms with E-state index in [2.05, 4.69) is 241 Å². The van der Waals surface area contributed by atoms with Gasteiger partial charge < -0.3 is 4.90 Å². The molecule has 1 heteroatoms. The van der Waals surface area contributed by atoms with E-state index in [-0.39, 0.29) is 0 Å². The molecular weight excluding hydrogens is 687 g/mol. The number of rotatable bonds is 8. The molecule has 0 fully saturated rings. The molecule has 0 bridgehead atoms. The van der Waals surface area contributed by atoms with Crippen molar-refractivity contribution in [1.29, 1.82) is 0 Å². The molecule has 0 radical (unpaired) electrons. The second-order valence-corrected chi connectivity index (χ2v) is 14.5. The molecule has 0 saturated carbocycles. The van der Waals surface area contributed by atoms with E-state index in [1.807, 2.05) is 0 Å². The van der Waals surface area contributed by atoms with Crippen molar-refractivity contribution >= 4 is 38.6 Å². The number of hydrogen-bond acceptors (Lipinski definition) is 1. The summed E-state index contributed by atoms with van der Waals surface area (Å²) in [5.74, 6) is 0. The summed E-state index contributed by atoms with van der Waals surface area (Å²) in [4.78, 5) is 2.44. The van der Waals surface area contributed by atoms with Crippen molar-refractivity contribution in [2.45, 2.75) is 0 Å². The maximum atomic E-state index is 2.44. The normalized spacial score (nSPS) is 11.2. The fourth-order valence-corrected chi connectivity index (χ4v) is 8.38. The topological polar surface area (TPSA) is 3.24 Å². The highest BCUT2D eigenvalue weighted by Gasteiger charge is 2.22. The number of nitrogens with zero attached hydrogens (tertiary/aromatic N) is 1. The van der Waals surface area contributed by atoms with Gasteiger partial charge >= 0.3 is 0 Å². The van der Waals surface area contributed by atoms with Crippen molar-refractivity contribution in [3.63, 3.8) is 0 Å². The van der Waals surface area contributed by atoms with E-state index in [1.165, 1.54) is 77.2 Å². The Morgan fingerprint density at radius 3 is 1.33 bits per heavy atom. The van der Waals surface area contributed by atoms with Crippen LogP contribution in [-0.4, -0.2) is 0 Å². The summed E-state index contributed by atoms with van der Waals surface area (Å²) in [6, 6.07) is 85.6. The van der Waals surface area contributed by atoms with Crippen LogP contribution in [0.5, 0.6) is 0 Å². The molecule has 0 N–H and O–H groups in total. The van der Waals surface area contributed by atoms with Gasteiger partial charge in [0, 0.05) is 16.8 Å². The van der Waals surface area contributed by atoms with Gasteiger partial charge in [0.15, 0.2) is 0 Å². The third-order valence-corrected chi connectivity index (χ3v) is 11.1. The monoisotopic (exact) mass is 725 g/mol. The van der Waals surface area contributed by atoms with E-state index in [9.17, 15) is 0 Å². The highest BCUT2D eigenvalue weighted by Crippen LogP contribution is 2.47. The van der Waals surface area contributed by atoms with Crippen LogP contribution >= 0.6 is 0 Å². The molecule has 268 valence electrons. The lowest BCUT2D eigenvalue weighted by atomic mass is 9.90. The SMILES string of the molecule is c1ccc(-c2ccccc2N(c2ccc(-c3ccc(-c4cccc5ccccc45)cc3)cc2)c2ccccc2-c2cccc3cccc(-c4ccccc4)c23)cc1. The van der Waals surface area contributed by atoms with Crippen LogP contribution < -0.4 is 4.90 Å². The summed E-state index contributed by atoms with van der Waals surface area (Å²) < 4.78 is 0. The zero-order valence-corrected chi connectivity index (χ0v) is 31.5. The highest BCUT2D eigenvalue weighted by molar-refractivity contribution is 6.09. The highest BCUT2D eigenvalue weighted by atomic mass is 15.1. The molecule has 0 unspecified atom stereocenters. The Balaban J connectivity index is 1.11. The van der Waals surface area contributed by atoms with Gasteiger partial charge in [-0.3, -0.25) is 0 Å². The maximum Gasteiger partial charge on any atom is 0.0540 e. The average molecular weight is 726 g/mol. The van der Waals surface area contributed by atoms with E-state index < -0.39 is 0 Å². The minimum Gasteiger partial charge on any atom is -0.309 e. The number of fused-ring (bicyclic) bond motifs is 2. The first-order valence-electron chi connectivity index (χ1n) is 19.6. The van der Waals surface area contributed by atoms with E-state index >= 15 is 0 Å². The minimum atomic E-state index is 1.09. The Morgan fingerprint density at radius 2 is 0.649 bits per heavy atom. The minimum absolute atomic E-state index is 1.09. The molecule has 0 aliphatic heterocycles. The zero-order chi connectivity index (χ0) is 38.0. The Hall–Kier alpha value is -7.48. The van der Waals surface area contributed by atoms with Crippen molar-refractivity contribution in [2.24, 2.45) is 0 Å². The third kappa shape index (κ3) is 6.46. The molecule has 0 atom stereocenters. The third-order valence-electron chi connectivity index (χ3n) is 11.1. The lowest BCUT2D eigenvalue weighted by Gasteiger charge is -2.30. The summed E-state index contributed by atoms with van der Waals surface area (Å²) in [7, 11) is 0. The fraction of sp³-hybridized carbons (Fsp3) is 0. The first-order valence-corrected chi connectivity index (χ1v) is 19.6. The van der Waals surface area contributed by atoms with Crippen molar-refractivity contribution in [1.82, 2.24) is 0 Å². The van der Waals surface area contributed by atoms with Crippen LogP contribution in [0.3, 0.4) is 0 Å². The fourth-order valence-electron chi connectivity index (χ4n) is 8.38. The number of benzene rings is 10. The first-order chi connectivity index (χ1) is 28.3. The molecule has 10 aromatic carbocycles. The van der Waals surface area contributed by atoms with Crippen LogP contribution in [0.25, 0.3) is 77.2 Å². The summed E-state index contributed by atoms with van der Waals surface area (Å²) in [5.41, 5.74) is 15.3. The zero-order valence-electron chi connectivity index (χ0n) is 31.5. The average Bonchev–Trinajstić information content (AvgIpc) is 3.30. The summed E-state index contributed by atoms with van der Waals surface area (Å²) >= 11 is 0. The molecule has 0 aliphatic rings. The smallest absolute Gasteiger partial charge is 0.0540 e. The van der Waals surface area contributed by atoms with Crippen molar-refractivity contribution < 1.29 is 0 Å². The van der Waals surface area contributed by atoms with Gasteiger partial charge in [-0.05, 0) is 90.3 Å². The molecule has 10 aromatic rings. The van der Waals surface area contributed by atoms with E-state index in [0.717, 1.165) is 17.1 Å². The number of anilines is 3. The van der Waals surface area contributed by atoms with Crippen LogP contribution in [0.4, 0.5) is 17.1 Å². The Bertz CT molecular complexity index is 2970. The molecule has 0 aliphatic carbocycles. The van der Waals surface area contributed by atoms with Crippen LogP contribution in [0.2, 0.25) is 0 Å². The Labute approximate surface area is 334 Å². The van der Waals surface area contributed by atoms with Crippen molar-refractivity contribution in [3.8, 4) is 55.6 Å². The summed E-state index contributed by atoms with van der Waals surface area (Å²) in [5, 5.41) is 4.99. The van der Waals surface area contributed by atoms with Crippen LogP contribution in [0.1, 0.15) is 0 Å². The molecule has 0 aromatic heterocycles. The molecule has 57 heavy (non-hydrogen) atoms. The largest absolute Gasteiger partial charge is 0.309 e. The Kier molecular flexibility index (Phi) is 8.95. The van der Waals surface area contributed by atoms with Gasteiger partial charge in [0.25, 0.3) is 0 Å². The summed E-state index contributed by atoms with van der Waals surface area (Å²) in [6.07, 6.45) is 0. The van der Waals surface area contributed by atoms with E-state index in [0.29, 0.717) is 0 Å². The lowest BCUT2D eigenvalue weighted by Crippen LogP contribution is -2.12. The quantitative estimate of drug-likeness (QED) is 0.151. The standard InChI is InChI=1S/C56H39N/c1-3-16-43(17-4-1)50-25-9-11-30-54(50)57(47-38-36-41(37-39-47)40-32-34-45(35-33-40)49-27-13-21-42-20-7-8-24-48(42)49)55-31-12-10-26-52(55)53-29-15-23-46-22-14-28-51(56(46)53)44-18-5-2-6-19-44/h1-39H. The van der Waals surface area contributed by atoms with E-state index in [4.69, 9.17) is 0 Å². The van der Waals surface area contributed by atoms with Gasteiger partial charge in [0.2, 0.25) is 0 Å².